The second-order valence-corrected chi connectivity index (χ2v) is 8.51. The SMILES string of the molecule is COc1cc(CNC(=O)C2CCN(C(=O)O)C(C3CCC(C)CC3)C2)ccc1O. The van der Waals surface area contributed by atoms with E-state index in [2.05, 4.69) is 12.2 Å². The Bertz CT molecular complexity index is 730. The molecular weight excluding hydrogens is 372 g/mol. The Labute approximate surface area is 172 Å². The van der Waals surface area contributed by atoms with Crippen LogP contribution in [0.5, 0.6) is 11.5 Å². The zero-order valence-corrected chi connectivity index (χ0v) is 17.3. The number of phenolic OH excluding ortho intramolecular Hbond substituents is 1. The number of carboxylic acid groups (broad SMARTS) is 1. The first kappa shape index (κ1) is 21.3. The number of hydrogen-bond acceptors (Lipinski definition) is 4. The van der Waals surface area contributed by atoms with Crippen LogP contribution in [0.4, 0.5) is 4.79 Å². The van der Waals surface area contributed by atoms with Gasteiger partial charge in [0.2, 0.25) is 5.91 Å². The molecule has 0 bridgehead atoms. The third-order valence-corrected chi connectivity index (χ3v) is 6.58. The lowest BCUT2D eigenvalue weighted by Gasteiger charge is -2.43. The van der Waals surface area contributed by atoms with Crippen molar-refractivity contribution in [3.63, 3.8) is 0 Å². The highest BCUT2D eigenvalue weighted by Crippen LogP contribution is 2.37. The van der Waals surface area contributed by atoms with Crippen molar-refractivity contribution in [2.75, 3.05) is 13.7 Å². The van der Waals surface area contributed by atoms with Crippen LogP contribution < -0.4 is 10.1 Å². The molecule has 1 aliphatic heterocycles. The summed E-state index contributed by atoms with van der Waals surface area (Å²) in [5, 5.41) is 22.3. The summed E-state index contributed by atoms with van der Waals surface area (Å²) >= 11 is 0. The third kappa shape index (κ3) is 5.14. The molecule has 2 amide bonds. The summed E-state index contributed by atoms with van der Waals surface area (Å²) in [5.74, 6) is 1.28. The zero-order chi connectivity index (χ0) is 21.0. The van der Waals surface area contributed by atoms with E-state index in [4.69, 9.17) is 4.74 Å². The Morgan fingerprint density at radius 2 is 1.93 bits per heavy atom. The highest BCUT2D eigenvalue weighted by Gasteiger charge is 2.39. The number of phenols is 1. The summed E-state index contributed by atoms with van der Waals surface area (Å²) in [6, 6.07) is 4.93. The monoisotopic (exact) mass is 404 g/mol. The number of aromatic hydroxyl groups is 1. The van der Waals surface area contributed by atoms with Crippen LogP contribution in [0, 0.1) is 17.8 Å². The van der Waals surface area contributed by atoms with Crippen molar-refractivity contribution in [2.24, 2.45) is 17.8 Å². The number of benzene rings is 1. The molecule has 7 nitrogen and oxygen atoms in total. The van der Waals surface area contributed by atoms with Crippen molar-refractivity contribution in [1.29, 1.82) is 0 Å². The van der Waals surface area contributed by atoms with Gasteiger partial charge in [0.05, 0.1) is 7.11 Å². The number of rotatable bonds is 5. The van der Waals surface area contributed by atoms with Gasteiger partial charge < -0.3 is 25.2 Å². The van der Waals surface area contributed by atoms with Gasteiger partial charge in [0.25, 0.3) is 0 Å². The summed E-state index contributed by atoms with van der Waals surface area (Å²) in [7, 11) is 1.49. The minimum absolute atomic E-state index is 0.0312. The molecule has 1 saturated carbocycles. The molecular formula is C22H32N2O5. The van der Waals surface area contributed by atoms with Crippen LogP contribution in [0.1, 0.15) is 51.0 Å². The van der Waals surface area contributed by atoms with Crippen LogP contribution >= 0.6 is 0 Å². The van der Waals surface area contributed by atoms with E-state index in [1.165, 1.54) is 7.11 Å². The molecule has 2 unspecified atom stereocenters. The van der Waals surface area contributed by atoms with Crippen LogP contribution in [-0.2, 0) is 11.3 Å². The molecule has 160 valence electrons. The lowest BCUT2D eigenvalue weighted by molar-refractivity contribution is -0.127. The topological polar surface area (TPSA) is 99.1 Å². The van der Waals surface area contributed by atoms with Gasteiger partial charge in [-0.05, 0) is 55.2 Å². The Hall–Kier alpha value is -2.44. The summed E-state index contributed by atoms with van der Waals surface area (Å²) in [4.78, 5) is 26.1. The highest BCUT2D eigenvalue weighted by molar-refractivity contribution is 5.79. The van der Waals surface area contributed by atoms with Gasteiger partial charge in [-0.2, -0.15) is 0 Å². The normalized spacial score (nSPS) is 27.3. The van der Waals surface area contributed by atoms with E-state index >= 15 is 0 Å². The molecule has 1 aromatic carbocycles. The molecule has 2 atom stereocenters. The number of nitrogens with one attached hydrogen (secondary N) is 1. The Morgan fingerprint density at radius 3 is 2.59 bits per heavy atom. The molecule has 1 aromatic rings. The minimum Gasteiger partial charge on any atom is -0.504 e. The fraction of sp³-hybridized carbons (Fsp3) is 0.636. The summed E-state index contributed by atoms with van der Waals surface area (Å²) in [6.07, 6.45) is 4.62. The van der Waals surface area contributed by atoms with Gasteiger partial charge in [0.15, 0.2) is 11.5 Å². The van der Waals surface area contributed by atoms with Crippen LogP contribution in [0.2, 0.25) is 0 Å². The molecule has 3 rings (SSSR count). The maximum absolute atomic E-state index is 12.8. The predicted molar refractivity (Wildman–Crippen MR) is 109 cm³/mol. The highest BCUT2D eigenvalue weighted by atomic mass is 16.5. The van der Waals surface area contributed by atoms with Crippen molar-refractivity contribution >= 4 is 12.0 Å². The van der Waals surface area contributed by atoms with Crippen molar-refractivity contribution < 1.29 is 24.5 Å². The lowest BCUT2D eigenvalue weighted by atomic mass is 9.74. The molecule has 2 fully saturated rings. The van der Waals surface area contributed by atoms with E-state index in [1.807, 2.05) is 0 Å². The van der Waals surface area contributed by atoms with E-state index in [-0.39, 0.29) is 23.6 Å². The number of hydrogen-bond donors (Lipinski definition) is 3. The standard InChI is InChI=1S/C22H32N2O5/c1-14-3-6-16(7-4-14)18-12-17(9-10-24(18)22(27)28)21(26)23-13-15-5-8-19(25)20(11-15)29-2/h5,8,11,14,16-18,25H,3-4,6-7,9-10,12-13H2,1-2H3,(H,23,26)(H,27,28). The van der Waals surface area contributed by atoms with E-state index in [1.54, 1.807) is 23.1 Å². The first-order valence-electron chi connectivity index (χ1n) is 10.5. The van der Waals surface area contributed by atoms with E-state index in [0.29, 0.717) is 43.5 Å². The molecule has 7 heteroatoms. The first-order valence-corrected chi connectivity index (χ1v) is 10.5. The Kier molecular flexibility index (Phi) is 6.87. The summed E-state index contributed by atoms with van der Waals surface area (Å²) in [6.45, 7) is 3.01. The van der Waals surface area contributed by atoms with Crippen molar-refractivity contribution in [2.45, 2.75) is 58.0 Å². The van der Waals surface area contributed by atoms with Crippen LogP contribution in [0.25, 0.3) is 0 Å². The molecule has 0 spiro atoms. The van der Waals surface area contributed by atoms with Gasteiger partial charge in [-0.15, -0.1) is 0 Å². The number of methoxy groups -OCH3 is 1. The molecule has 1 aliphatic carbocycles. The number of carbonyl (C=O) groups excluding carboxylic acids is 1. The van der Waals surface area contributed by atoms with Gasteiger partial charge >= 0.3 is 6.09 Å². The van der Waals surface area contributed by atoms with Crippen molar-refractivity contribution in [3.05, 3.63) is 23.8 Å². The summed E-state index contributed by atoms with van der Waals surface area (Å²) < 4.78 is 5.11. The molecule has 29 heavy (non-hydrogen) atoms. The fourth-order valence-electron chi connectivity index (χ4n) is 4.76. The average molecular weight is 405 g/mol. The van der Waals surface area contributed by atoms with Crippen LogP contribution in [0.3, 0.4) is 0 Å². The Balaban J connectivity index is 1.61. The number of amides is 2. The predicted octanol–water partition coefficient (Wildman–Crippen LogP) is 3.60. The Morgan fingerprint density at radius 1 is 1.21 bits per heavy atom. The lowest BCUT2D eigenvalue weighted by Crippen LogP contribution is -2.52. The van der Waals surface area contributed by atoms with Crippen LogP contribution in [-0.4, -0.2) is 46.8 Å². The number of nitrogens with zero attached hydrogens (tertiary/aromatic N) is 1. The van der Waals surface area contributed by atoms with E-state index in [9.17, 15) is 19.8 Å². The maximum atomic E-state index is 12.8. The molecule has 1 saturated heterocycles. The van der Waals surface area contributed by atoms with Gasteiger partial charge in [-0.25, -0.2) is 4.79 Å². The average Bonchev–Trinajstić information content (AvgIpc) is 2.73. The van der Waals surface area contributed by atoms with Gasteiger partial charge in [-0.1, -0.05) is 25.8 Å². The fourth-order valence-corrected chi connectivity index (χ4v) is 4.76. The molecule has 3 N–H and O–H groups in total. The first-order chi connectivity index (χ1) is 13.9. The van der Waals surface area contributed by atoms with Crippen molar-refractivity contribution in [3.8, 4) is 11.5 Å². The van der Waals surface area contributed by atoms with Gasteiger partial charge in [0, 0.05) is 25.0 Å². The largest absolute Gasteiger partial charge is 0.504 e. The number of likely N-dealkylation sites (tertiary alicyclic amines) is 1. The second-order valence-electron chi connectivity index (χ2n) is 8.51. The molecule has 0 radical (unpaired) electrons. The molecule has 0 aromatic heterocycles. The summed E-state index contributed by atoms with van der Waals surface area (Å²) in [5.41, 5.74) is 0.841. The minimum atomic E-state index is -0.872. The quantitative estimate of drug-likeness (QED) is 0.696. The van der Waals surface area contributed by atoms with Crippen molar-refractivity contribution in [1.82, 2.24) is 10.2 Å². The molecule has 1 heterocycles. The number of carbonyl (C=O) groups is 2. The van der Waals surface area contributed by atoms with E-state index in [0.717, 1.165) is 31.2 Å². The van der Waals surface area contributed by atoms with E-state index < -0.39 is 6.09 Å². The van der Waals surface area contributed by atoms with Gasteiger partial charge in [0.1, 0.15) is 0 Å². The third-order valence-electron chi connectivity index (χ3n) is 6.58. The smallest absolute Gasteiger partial charge is 0.407 e. The second kappa shape index (κ2) is 9.37. The zero-order valence-electron chi connectivity index (χ0n) is 17.3. The van der Waals surface area contributed by atoms with Gasteiger partial charge in [-0.3, -0.25) is 4.79 Å². The number of piperidine rings is 1. The molecule has 2 aliphatic rings. The number of ether oxygens (including phenoxy) is 1. The van der Waals surface area contributed by atoms with Crippen LogP contribution in [0.15, 0.2) is 18.2 Å². The maximum Gasteiger partial charge on any atom is 0.407 e.